The minimum Gasteiger partial charge on any atom is -0.355 e. The van der Waals surface area contributed by atoms with Crippen molar-refractivity contribution in [2.75, 3.05) is 33.2 Å². The fourth-order valence-electron chi connectivity index (χ4n) is 3.82. The average Bonchev–Trinajstić information content (AvgIpc) is 2.80. The van der Waals surface area contributed by atoms with Crippen LogP contribution in [-0.4, -0.2) is 50.0 Å². The van der Waals surface area contributed by atoms with E-state index in [0.717, 1.165) is 6.54 Å². The number of hydrogen-bond acceptors (Lipinski definition) is 3. The number of nitrogens with one attached hydrogen (secondary N) is 3. The summed E-state index contributed by atoms with van der Waals surface area (Å²) in [4.78, 5) is 18.7. The van der Waals surface area contributed by atoms with Gasteiger partial charge in [-0.1, -0.05) is 42.8 Å². The fraction of sp³-hybridized carbons (Fsp3) is 0.440. The third-order valence-electron chi connectivity index (χ3n) is 5.55. The molecule has 1 saturated heterocycles. The van der Waals surface area contributed by atoms with E-state index in [1.54, 1.807) is 19.2 Å². The van der Waals surface area contributed by atoms with Crippen LogP contribution in [0, 0.1) is 5.82 Å². The van der Waals surface area contributed by atoms with E-state index in [1.165, 1.54) is 55.6 Å². The standard InChI is InChI=1S/C25H34FN5O/c1-27-25(29-13-12-28-24(32)17-22-6-5-7-23(26)16-22)30-18-20-8-10-21(11-9-20)19-31-14-3-2-4-15-31/h5-11,16H,2-4,12-15,17-19H2,1H3,(H,28,32)(H2,27,29,30). The smallest absolute Gasteiger partial charge is 0.224 e. The van der Waals surface area contributed by atoms with Crippen LogP contribution < -0.4 is 16.0 Å². The van der Waals surface area contributed by atoms with Crippen molar-refractivity contribution in [1.82, 2.24) is 20.9 Å². The molecule has 0 aromatic heterocycles. The molecular formula is C25H34FN5O. The third kappa shape index (κ3) is 8.30. The number of nitrogens with zero attached hydrogens (tertiary/aromatic N) is 2. The molecule has 1 fully saturated rings. The SMILES string of the molecule is CN=C(NCCNC(=O)Cc1cccc(F)c1)NCc1ccc(CN2CCCCC2)cc1. The van der Waals surface area contributed by atoms with Crippen LogP contribution in [0.25, 0.3) is 0 Å². The van der Waals surface area contributed by atoms with Gasteiger partial charge in [0.2, 0.25) is 5.91 Å². The lowest BCUT2D eigenvalue weighted by molar-refractivity contribution is -0.120. The summed E-state index contributed by atoms with van der Waals surface area (Å²) in [5.41, 5.74) is 3.21. The predicted molar refractivity (Wildman–Crippen MR) is 127 cm³/mol. The largest absolute Gasteiger partial charge is 0.355 e. The predicted octanol–water partition coefficient (Wildman–Crippen LogP) is 2.84. The Bertz CT molecular complexity index is 878. The molecule has 3 N–H and O–H groups in total. The summed E-state index contributed by atoms with van der Waals surface area (Å²) in [6, 6.07) is 14.8. The maximum Gasteiger partial charge on any atom is 0.224 e. The first-order valence-electron chi connectivity index (χ1n) is 11.4. The zero-order valence-electron chi connectivity index (χ0n) is 18.9. The zero-order valence-corrected chi connectivity index (χ0v) is 18.9. The van der Waals surface area contributed by atoms with Gasteiger partial charge in [-0.2, -0.15) is 0 Å². The lowest BCUT2D eigenvalue weighted by Crippen LogP contribution is -2.41. The van der Waals surface area contributed by atoms with Gasteiger partial charge in [0.15, 0.2) is 5.96 Å². The van der Waals surface area contributed by atoms with Gasteiger partial charge in [0.1, 0.15) is 5.82 Å². The number of carbonyl (C=O) groups is 1. The Morgan fingerprint density at radius 2 is 1.66 bits per heavy atom. The summed E-state index contributed by atoms with van der Waals surface area (Å²) in [6.07, 6.45) is 4.14. The Hall–Kier alpha value is -2.93. The second-order valence-corrected chi connectivity index (χ2v) is 8.16. The number of benzene rings is 2. The number of carbonyl (C=O) groups excluding carboxylic acids is 1. The molecule has 172 valence electrons. The summed E-state index contributed by atoms with van der Waals surface area (Å²) < 4.78 is 13.2. The minimum atomic E-state index is -0.330. The first kappa shape index (κ1) is 23.7. The van der Waals surface area contributed by atoms with E-state index in [1.807, 2.05) is 0 Å². The molecule has 0 aliphatic carbocycles. The quantitative estimate of drug-likeness (QED) is 0.319. The summed E-state index contributed by atoms with van der Waals surface area (Å²) in [7, 11) is 1.72. The number of halogens is 1. The highest BCUT2D eigenvalue weighted by Crippen LogP contribution is 2.13. The van der Waals surface area contributed by atoms with Crippen LogP contribution >= 0.6 is 0 Å². The normalized spacial score (nSPS) is 14.8. The van der Waals surface area contributed by atoms with E-state index in [4.69, 9.17) is 0 Å². The summed E-state index contributed by atoms with van der Waals surface area (Å²) in [5.74, 6) is 0.218. The van der Waals surface area contributed by atoms with Crippen LogP contribution in [0.1, 0.15) is 36.0 Å². The molecule has 0 spiro atoms. The van der Waals surface area contributed by atoms with Crippen molar-refractivity contribution in [2.24, 2.45) is 4.99 Å². The second-order valence-electron chi connectivity index (χ2n) is 8.16. The number of guanidine groups is 1. The van der Waals surface area contributed by atoms with Gasteiger partial charge in [-0.25, -0.2) is 4.39 Å². The van der Waals surface area contributed by atoms with Crippen LogP contribution in [0.3, 0.4) is 0 Å². The van der Waals surface area contributed by atoms with Crippen molar-refractivity contribution in [3.8, 4) is 0 Å². The molecule has 0 bridgehead atoms. The highest BCUT2D eigenvalue weighted by Gasteiger charge is 2.10. The van der Waals surface area contributed by atoms with Crippen molar-refractivity contribution in [3.05, 3.63) is 71.0 Å². The molecule has 7 heteroatoms. The first-order valence-corrected chi connectivity index (χ1v) is 11.4. The second kappa shape index (κ2) is 12.8. The Morgan fingerprint density at radius 1 is 0.938 bits per heavy atom. The molecule has 1 aliphatic heterocycles. The van der Waals surface area contributed by atoms with Gasteiger partial charge in [-0.15, -0.1) is 0 Å². The fourth-order valence-corrected chi connectivity index (χ4v) is 3.82. The highest BCUT2D eigenvalue weighted by molar-refractivity contribution is 5.80. The molecule has 32 heavy (non-hydrogen) atoms. The van der Waals surface area contributed by atoms with E-state index in [-0.39, 0.29) is 18.1 Å². The van der Waals surface area contributed by atoms with Gasteiger partial charge in [0.25, 0.3) is 0 Å². The molecule has 1 amide bonds. The number of hydrogen-bond donors (Lipinski definition) is 3. The molecule has 0 saturated carbocycles. The van der Waals surface area contributed by atoms with E-state index in [2.05, 4.69) is 50.1 Å². The third-order valence-corrected chi connectivity index (χ3v) is 5.55. The lowest BCUT2D eigenvalue weighted by Gasteiger charge is -2.26. The Kier molecular flexibility index (Phi) is 9.50. The van der Waals surface area contributed by atoms with Gasteiger partial charge >= 0.3 is 0 Å². The molecule has 0 atom stereocenters. The van der Waals surface area contributed by atoms with Crippen LogP contribution in [0.15, 0.2) is 53.5 Å². The van der Waals surface area contributed by atoms with Gasteiger partial charge < -0.3 is 16.0 Å². The monoisotopic (exact) mass is 439 g/mol. The van der Waals surface area contributed by atoms with Crippen LogP contribution in [0.5, 0.6) is 0 Å². The maximum atomic E-state index is 13.2. The van der Waals surface area contributed by atoms with Crippen molar-refractivity contribution >= 4 is 11.9 Å². The number of amides is 1. The molecule has 6 nitrogen and oxygen atoms in total. The van der Waals surface area contributed by atoms with Crippen LogP contribution in [0.4, 0.5) is 4.39 Å². The Labute approximate surface area is 190 Å². The van der Waals surface area contributed by atoms with Crippen molar-refractivity contribution in [2.45, 2.75) is 38.8 Å². The highest BCUT2D eigenvalue weighted by atomic mass is 19.1. The lowest BCUT2D eigenvalue weighted by atomic mass is 10.1. The first-order chi connectivity index (χ1) is 15.6. The Balaban J connectivity index is 1.32. The number of rotatable bonds is 9. The van der Waals surface area contributed by atoms with Gasteiger partial charge in [0.05, 0.1) is 6.42 Å². The van der Waals surface area contributed by atoms with E-state index in [0.29, 0.717) is 31.2 Å². The molecule has 0 radical (unpaired) electrons. The maximum absolute atomic E-state index is 13.2. The van der Waals surface area contributed by atoms with E-state index >= 15 is 0 Å². The van der Waals surface area contributed by atoms with Crippen molar-refractivity contribution in [1.29, 1.82) is 0 Å². The summed E-state index contributed by atoms with van der Waals surface area (Å²) in [5, 5.41) is 9.32. The van der Waals surface area contributed by atoms with Gasteiger partial charge in [-0.05, 0) is 54.8 Å². The molecule has 1 aliphatic rings. The number of aliphatic imine (C=N–C) groups is 1. The average molecular weight is 440 g/mol. The number of likely N-dealkylation sites (tertiary alicyclic amines) is 1. The Morgan fingerprint density at radius 3 is 2.38 bits per heavy atom. The van der Waals surface area contributed by atoms with Gasteiger partial charge in [0, 0.05) is 33.2 Å². The van der Waals surface area contributed by atoms with Crippen LogP contribution in [0.2, 0.25) is 0 Å². The molecule has 2 aromatic carbocycles. The molecule has 0 unspecified atom stereocenters. The summed E-state index contributed by atoms with van der Waals surface area (Å²) in [6.45, 7) is 5.12. The molecular weight excluding hydrogens is 405 g/mol. The number of piperidine rings is 1. The summed E-state index contributed by atoms with van der Waals surface area (Å²) >= 11 is 0. The van der Waals surface area contributed by atoms with Gasteiger partial charge in [-0.3, -0.25) is 14.7 Å². The molecule has 3 rings (SSSR count). The zero-order chi connectivity index (χ0) is 22.6. The van der Waals surface area contributed by atoms with Crippen molar-refractivity contribution < 1.29 is 9.18 Å². The minimum absolute atomic E-state index is 0.134. The van der Waals surface area contributed by atoms with Crippen LogP contribution in [-0.2, 0) is 24.3 Å². The van der Waals surface area contributed by atoms with E-state index in [9.17, 15) is 9.18 Å². The molecule has 1 heterocycles. The van der Waals surface area contributed by atoms with Crippen molar-refractivity contribution in [3.63, 3.8) is 0 Å². The van der Waals surface area contributed by atoms with E-state index < -0.39 is 0 Å². The molecule has 2 aromatic rings. The topological polar surface area (TPSA) is 68.8 Å².